The number of ether oxygens (including phenoxy) is 10. The normalized spacial score (nSPS) is 35.0. The Morgan fingerprint density at radius 3 is 2.09 bits per heavy atom. The lowest BCUT2D eigenvalue weighted by Crippen LogP contribution is -2.67. The fourth-order valence-electron chi connectivity index (χ4n) is 10.5. The number of likely N-dealkylation sites (N-methyl/N-ethyl adjacent to an activating group) is 1. The molecule has 2 saturated heterocycles. The second-order valence-corrected chi connectivity index (χ2v) is 25.6. The Labute approximate surface area is 454 Å². The van der Waals surface area contributed by atoms with Gasteiger partial charge in [-0.1, -0.05) is 114 Å². The molecule has 1 aromatic rings. The third-order valence-corrected chi connectivity index (χ3v) is 19.5. The summed E-state index contributed by atoms with van der Waals surface area (Å²) < 4.78 is 72.1. The minimum absolute atomic E-state index is 0.0183. The Bertz CT molecular complexity index is 2070. The Hall–Kier alpha value is -4.08. The molecule has 0 saturated carbocycles. The Morgan fingerprint density at radius 2 is 1.51 bits per heavy atom. The van der Waals surface area contributed by atoms with Crippen LogP contribution in [0.15, 0.2) is 73.4 Å². The van der Waals surface area contributed by atoms with E-state index >= 15 is 0 Å². The quantitative estimate of drug-likeness (QED) is 0.0531. The summed E-state index contributed by atoms with van der Waals surface area (Å²) in [6, 6.07) is 11.7. The minimum atomic E-state index is -2.27. The van der Waals surface area contributed by atoms with Gasteiger partial charge in [-0.05, 0) is 77.8 Å². The van der Waals surface area contributed by atoms with E-state index in [1.165, 1.54) is 14.0 Å². The molecule has 0 radical (unpaired) electrons. The summed E-state index contributed by atoms with van der Waals surface area (Å²) in [5.74, 6) is -2.68. The van der Waals surface area contributed by atoms with Gasteiger partial charge in [-0.15, -0.1) is 6.58 Å². The molecule has 0 aromatic heterocycles. The van der Waals surface area contributed by atoms with Crippen molar-refractivity contribution in [3.63, 3.8) is 0 Å². The number of aliphatic hydroxyl groups is 1. The molecule has 2 fully saturated rings. The molecule has 3 aliphatic rings. The molecule has 16 atom stereocenters. The summed E-state index contributed by atoms with van der Waals surface area (Å²) >= 11 is 0. The van der Waals surface area contributed by atoms with Crippen molar-refractivity contribution < 1.29 is 76.1 Å². The van der Waals surface area contributed by atoms with Gasteiger partial charge in [-0.3, -0.25) is 19.2 Å². The predicted octanol–water partition coefficient (Wildman–Crippen LogP) is 8.82. The molecule has 18 heteroatoms. The van der Waals surface area contributed by atoms with Crippen molar-refractivity contribution in [3.8, 4) is 0 Å². The smallest absolute Gasteiger partial charge is 0.309 e. The number of rotatable bonds is 21. The SMILES string of the molecule is C=C[C@@]1(OC/C=C/c2ccccc2)C[C@@H](C)[C@@H](O[Si](CC)(CC)CC)/C=C/C=C/C[C@@H](C)OC(=O)C[C@@H](OC(=O)CC)[C@H](OC)[C@H]1OC1OC(C)C(OC2CC(C)(O)C(OC(=O)CC)C(C)O2)C(N(C)C)C1OC(C)=O. The molecule has 3 heterocycles. The van der Waals surface area contributed by atoms with E-state index in [2.05, 4.69) is 40.3 Å². The van der Waals surface area contributed by atoms with Crippen LogP contribution in [0, 0.1) is 5.92 Å². The van der Waals surface area contributed by atoms with Gasteiger partial charge in [0.25, 0.3) is 0 Å². The summed E-state index contributed by atoms with van der Waals surface area (Å²) in [6.07, 6.45) is 1.59. The Morgan fingerprint density at radius 1 is 0.855 bits per heavy atom. The van der Waals surface area contributed by atoms with Gasteiger partial charge in [0.2, 0.25) is 0 Å². The monoisotopic (exact) mass is 1090 g/mol. The summed E-state index contributed by atoms with van der Waals surface area (Å²) in [7, 11) is 2.77. The van der Waals surface area contributed by atoms with Gasteiger partial charge < -0.3 is 61.8 Å². The molecule has 0 bridgehead atoms. The average Bonchev–Trinajstić information content (AvgIpc) is 3.37. The molecule has 428 valence electrons. The number of carbonyl (C=O) groups is 4. The van der Waals surface area contributed by atoms with Gasteiger partial charge in [-0.2, -0.15) is 0 Å². The van der Waals surface area contributed by atoms with Crippen molar-refractivity contribution in [2.24, 2.45) is 5.92 Å². The highest BCUT2D eigenvalue weighted by molar-refractivity contribution is 6.73. The molecular weight excluding hydrogens is 995 g/mol. The van der Waals surface area contributed by atoms with Crippen molar-refractivity contribution in [3.05, 3.63) is 78.9 Å². The fraction of sp³-hybridized carbons (Fsp3) is 0.690. The molecule has 3 aliphatic heterocycles. The van der Waals surface area contributed by atoms with E-state index in [1.54, 1.807) is 61.7 Å². The summed E-state index contributed by atoms with van der Waals surface area (Å²) in [5.41, 5.74) is -2.17. The zero-order chi connectivity index (χ0) is 56.4. The highest BCUT2D eigenvalue weighted by atomic mass is 28.4. The van der Waals surface area contributed by atoms with Crippen molar-refractivity contribution in [2.45, 2.75) is 224 Å². The first-order valence-corrected chi connectivity index (χ1v) is 29.9. The maximum Gasteiger partial charge on any atom is 0.309 e. The number of cyclic esters (lactones) is 1. The Kier molecular flexibility index (Phi) is 25.7. The van der Waals surface area contributed by atoms with E-state index in [-0.39, 0.29) is 38.2 Å². The van der Waals surface area contributed by atoms with Crippen LogP contribution in [0.1, 0.15) is 120 Å². The zero-order valence-electron chi connectivity index (χ0n) is 47.8. The van der Waals surface area contributed by atoms with Crippen LogP contribution in [0.5, 0.6) is 0 Å². The largest absolute Gasteiger partial charge is 0.462 e. The number of benzene rings is 1. The molecule has 1 N–H and O–H groups in total. The van der Waals surface area contributed by atoms with Crippen LogP contribution < -0.4 is 0 Å². The topological polar surface area (TPSA) is 193 Å². The molecule has 1 aromatic carbocycles. The minimum Gasteiger partial charge on any atom is -0.462 e. The maximum absolute atomic E-state index is 14.0. The molecule has 0 amide bonds. The number of nitrogens with zero attached hydrogens (tertiary/aromatic N) is 1. The van der Waals surface area contributed by atoms with Crippen molar-refractivity contribution in [1.82, 2.24) is 4.90 Å². The zero-order valence-corrected chi connectivity index (χ0v) is 48.8. The van der Waals surface area contributed by atoms with Crippen molar-refractivity contribution in [2.75, 3.05) is 27.8 Å². The van der Waals surface area contributed by atoms with Crippen LogP contribution in [0.25, 0.3) is 6.08 Å². The number of hydrogen-bond acceptors (Lipinski definition) is 17. The molecule has 4 rings (SSSR count). The van der Waals surface area contributed by atoms with Crippen molar-refractivity contribution >= 4 is 38.3 Å². The van der Waals surface area contributed by atoms with Crippen LogP contribution in [0.3, 0.4) is 0 Å². The first-order valence-electron chi connectivity index (χ1n) is 27.3. The molecule has 0 spiro atoms. The van der Waals surface area contributed by atoms with E-state index in [0.29, 0.717) is 6.42 Å². The standard InChI is InChI=1S/C58H91NO16Si/c1-16-46(61)71-45-35-48(63)67-39(8)29-24-22-27-33-44(75-76(19-4,20-5)21-6)38(7)36-58(18-3,66-34-28-32-43-30-25-23-26-31-43)55(52(45)65-15)74-56-53(70-42(11)60)50(59(13)14)51(40(9)69-56)73-49-37-57(12,64)54(41(10)68-49)72-47(62)17-2/h18,22-28,30-33,38-41,44-45,49-56,64H,3,16-17,19-21,29,34-37H2,1-2,4-15H3/b24-22+,32-28+,33-27+/t38-,39-,40?,41?,44+,45-,49?,50?,51?,52+,53?,54?,55-,56?,57?,58-/m1/s1. The molecule has 9 unspecified atom stereocenters. The maximum atomic E-state index is 14.0. The van der Waals surface area contributed by atoms with Crippen molar-refractivity contribution in [1.29, 1.82) is 0 Å². The third-order valence-electron chi connectivity index (χ3n) is 14.9. The van der Waals surface area contributed by atoms with Crippen LogP contribution >= 0.6 is 0 Å². The average molecular weight is 1090 g/mol. The van der Waals surface area contributed by atoms with E-state index in [0.717, 1.165) is 23.7 Å². The predicted molar refractivity (Wildman–Crippen MR) is 291 cm³/mol. The number of carbonyl (C=O) groups excluding carboxylic acids is 4. The molecule has 0 aliphatic carbocycles. The number of allylic oxidation sites excluding steroid dienone is 2. The Balaban J connectivity index is 1.98. The van der Waals surface area contributed by atoms with E-state index in [4.69, 9.17) is 51.8 Å². The van der Waals surface area contributed by atoms with Crippen LogP contribution in [-0.4, -0.2) is 161 Å². The number of methoxy groups -OCH3 is 1. The highest BCUT2D eigenvalue weighted by Crippen LogP contribution is 2.42. The van der Waals surface area contributed by atoms with Gasteiger partial charge >= 0.3 is 23.9 Å². The lowest BCUT2D eigenvalue weighted by atomic mass is 9.80. The van der Waals surface area contributed by atoms with Gasteiger partial charge in [-0.25, -0.2) is 0 Å². The summed E-state index contributed by atoms with van der Waals surface area (Å²) in [4.78, 5) is 55.1. The lowest BCUT2D eigenvalue weighted by Gasteiger charge is -2.52. The van der Waals surface area contributed by atoms with Crippen LogP contribution in [0.4, 0.5) is 0 Å². The fourth-order valence-corrected chi connectivity index (χ4v) is 13.4. The first-order chi connectivity index (χ1) is 36.0. The van der Waals surface area contributed by atoms with Gasteiger partial charge in [0, 0.05) is 39.7 Å². The second-order valence-electron chi connectivity index (χ2n) is 20.9. The third kappa shape index (κ3) is 17.7. The summed E-state index contributed by atoms with van der Waals surface area (Å²) in [6.45, 7) is 24.5. The lowest BCUT2D eigenvalue weighted by molar-refractivity contribution is -0.350. The van der Waals surface area contributed by atoms with Gasteiger partial charge in [0.1, 0.15) is 41.7 Å². The number of hydrogen-bond donors (Lipinski definition) is 1. The van der Waals surface area contributed by atoms with E-state index in [9.17, 15) is 24.3 Å². The molecular formula is C58H91NO16Si. The molecule has 17 nitrogen and oxygen atoms in total. The van der Waals surface area contributed by atoms with Crippen LogP contribution in [0.2, 0.25) is 18.1 Å². The van der Waals surface area contributed by atoms with Crippen LogP contribution in [-0.2, 0) is 71.0 Å². The highest BCUT2D eigenvalue weighted by Gasteiger charge is 2.57. The van der Waals surface area contributed by atoms with Gasteiger partial charge in [0.05, 0.1) is 37.4 Å². The summed E-state index contributed by atoms with van der Waals surface area (Å²) in [5, 5.41) is 11.7. The second kappa shape index (κ2) is 30.3. The van der Waals surface area contributed by atoms with E-state index in [1.807, 2.05) is 65.6 Å². The molecule has 76 heavy (non-hydrogen) atoms. The first kappa shape index (κ1) is 64.4. The van der Waals surface area contributed by atoms with E-state index < -0.39 is 129 Å². The number of esters is 4. The van der Waals surface area contributed by atoms with Gasteiger partial charge in [0.15, 0.2) is 33.1 Å².